The molecule has 0 bridgehead atoms. The minimum absolute atomic E-state index is 0.301. The molecule has 5 heteroatoms. The van der Waals surface area contributed by atoms with Crippen LogP contribution in [0, 0.1) is 0 Å². The summed E-state index contributed by atoms with van der Waals surface area (Å²) < 4.78 is 13.1. The Bertz CT molecular complexity index is 847. The van der Waals surface area contributed by atoms with E-state index < -0.39 is 0 Å². The van der Waals surface area contributed by atoms with E-state index in [9.17, 15) is 0 Å². The second-order valence-electron chi connectivity index (χ2n) is 4.81. The molecule has 0 spiro atoms. The first-order chi connectivity index (χ1) is 10.9. The molecule has 4 rings (SSSR count). The lowest BCUT2D eigenvalue weighted by atomic mass is 10.3. The first-order valence-electron chi connectivity index (χ1n) is 6.96. The van der Waals surface area contributed by atoms with Gasteiger partial charge in [0.15, 0.2) is 12.2 Å². The molecule has 0 atom stereocenters. The van der Waals surface area contributed by atoms with Gasteiger partial charge in [0.25, 0.3) is 0 Å². The second-order valence-corrected chi connectivity index (χ2v) is 4.81. The van der Waals surface area contributed by atoms with Gasteiger partial charge in [0.05, 0.1) is 5.69 Å². The lowest BCUT2D eigenvalue weighted by molar-refractivity contribution is 0.267. The number of hydrogen-bond acceptors (Lipinski definition) is 4. The Morgan fingerprint density at radius 2 is 1.86 bits per heavy atom. The summed E-state index contributed by atoms with van der Waals surface area (Å²) in [5.41, 5.74) is 2.60. The van der Waals surface area contributed by atoms with Crippen LogP contribution in [0.3, 0.4) is 0 Å². The lowest BCUT2D eigenvalue weighted by Gasteiger charge is -2.05. The molecule has 0 unspecified atom stereocenters. The molecule has 2 heterocycles. The van der Waals surface area contributed by atoms with Crippen LogP contribution in [0.4, 0.5) is 0 Å². The Labute approximate surface area is 126 Å². The Kier molecular flexibility index (Phi) is 3.08. The Morgan fingerprint density at radius 1 is 1.00 bits per heavy atom. The maximum absolute atomic E-state index is 5.71. The average molecular weight is 291 g/mol. The van der Waals surface area contributed by atoms with Crippen LogP contribution < -0.4 is 4.74 Å². The predicted molar refractivity (Wildman–Crippen MR) is 81.9 cm³/mol. The van der Waals surface area contributed by atoms with Gasteiger partial charge in [-0.25, -0.2) is 9.67 Å². The number of ether oxygens (including phenoxy) is 1. The molecule has 0 saturated carbocycles. The minimum Gasteiger partial charge on any atom is -0.484 e. The van der Waals surface area contributed by atoms with E-state index in [2.05, 4.69) is 10.1 Å². The molecule has 0 fully saturated rings. The Balaban J connectivity index is 1.47. The number of nitrogens with zero attached hydrogens (tertiary/aromatic N) is 3. The number of hydrogen-bond donors (Lipinski definition) is 0. The van der Waals surface area contributed by atoms with E-state index in [1.54, 1.807) is 10.9 Å². The molecule has 4 aromatic rings. The first-order valence-corrected chi connectivity index (χ1v) is 6.96. The molecule has 0 saturated heterocycles. The van der Waals surface area contributed by atoms with Crippen molar-refractivity contribution in [3.8, 4) is 11.4 Å². The molecular formula is C17H13N3O2. The van der Waals surface area contributed by atoms with Crippen molar-refractivity contribution in [3.63, 3.8) is 0 Å². The maximum atomic E-state index is 5.71. The summed E-state index contributed by atoms with van der Waals surface area (Å²) >= 11 is 0. The standard InChI is InChI=1S/C17H13N3O2/c1-2-5-16-15(4-1)19-17(22-16)12-21-14-8-6-13(7-9-14)20-11-3-10-18-20/h1-11H,12H2. The molecule has 0 aliphatic heterocycles. The quantitative estimate of drug-likeness (QED) is 0.576. The molecule has 0 radical (unpaired) electrons. The van der Waals surface area contributed by atoms with Gasteiger partial charge in [-0.3, -0.25) is 0 Å². The highest BCUT2D eigenvalue weighted by Gasteiger charge is 2.06. The fourth-order valence-corrected chi connectivity index (χ4v) is 2.24. The highest BCUT2D eigenvalue weighted by molar-refractivity contribution is 5.72. The Morgan fingerprint density at radius 3 is 2.64 bits per heavy atom. The minimum atomic E-state index is 0.301. The third kappa shape index (κ3) is 2.44. The van der Waals surface area contributed by atoms with E-state index in [1.165, 1.54) is 0 Å². The van der Waals surface area contributed by atoms with E-state index in [4.69, 9.17) is 9.15 Å². The van der Waals surface area contributed by atoms with Crippen LogP contribution in [-0.4, -0.2) is 14.8 Å². The smallest absolute Gasteiger partial charge is 0.233 e. The molecule has 108 valence electrons. The number of rotatable bonds is 4. The summed E-state index contributed by atoms with van der Waals surface area (Å²) in [6.07, 6.45) is 3.64. The highest BCUT2D eigenvalue weighted by atomic mass is 16.5. The fraction of sp³-hybridized carbons (Fsp3) is 0.0588. The van der Waals surface area contributed by atoms with Crippen LogP contribution in [0.1, 0.15) is 5.89 Å². The van der Waals surface area contributed by atoms with E-state index in [1.807, 2.05) is 60.8 Å². The van der Waals surface area contributed by atoms with Crippen molar-refractivity contribution in [2.75, 3.05) is 0 Å². The van der Waals surface area contributed by atoms with Crippen molar-refractivity contribution in [2.24, 2.45) is 0 Å². The van der Waals surface area contributed by atoms with Gasteiger partial charge in [-0.05, 0) is 42.5 Å². The van der Waals surface area contributed by atoms with Crippen LogP contribution in [-0.2, 0) is 6.61 Å². The number of oxazole rings is 1. The van der Waals surface area contributed by atoms with Gasteiger partial charge in [-0.2, -0.15) is 5.10 Å². The van der Waals surface area contributed by atoms with Crippen molar-refractivity contribution >= 4 is 11.1 Å². The highest BCUT2D eigenvalue weighted by Crippen LogP contribution is 2.18. The van der Waals surface area contributed by atoms with Crippen LogP contribution in [0.15, 0.2) is 71.4 Å². The van der Waals surface area contributed by atoms with Crippen LogP contribution in [0.25, 0.3) is 16.8 Å². The average Bonchev–Trinajstić information content (AvgIpc) is 3.22. The van der Waals surface area contributed by atoms with Gasteiger partial charge in [0, 0.05) is 12.4 Å². The van der Waals surface area contributed by atoms with Crippen molar-refractivity contribution in [1.29, 1.82) is 0 Å². The van der Waals surface area contributed by atoms with Gasteiger partial charge in [0.2, 0.25) is 5.89 Å². The van der Waals surface area contributed by atoms with Gasteiger partial charge >= 0.3 is 0 Å². The monoisotopic (exact) mass is 291 g/mol. The normalized spacial score (nSPS) is 10.9. The van der Waals surface area contributed by atoms with E-state index in [0.29, 0.717) is 12.5 Å². The summed E-state index contributed by atoms with van der Waals surface area (Å²) in [6.45, 7) is 0.301. The van der Waals surface area contributed by atoms with Crippen molar-refractivity contribution in [1.82, 2.24) is 14.8 Å². The summed E-state index contributed by atoms with van der Waals surface area (Å²) in [4.78, 5) is 4.38. The molecule has 5 nitrogen and oxygen atoms in total. The fourth-order valence-electron chi connectivity index (χ4n) is 2.24. The SMILES string of the molecule is c1ccc2oc(COc3ccc(-n4cccn4)cc3)nc2c1. The number of aromatic nitrogens is 3. The molecule has 22 heavy (non-hydrogen) atoms. The van der Waals surface area contributed by atoms with Gasteiger partial charge in [-0.1, -0.05) is 12.1 Å². The number of fused-ring (bicyclic) bond motifs is 1. The summed E-state index contributed by atoms with van der Waals surface area (Å²) in [7, 11) is 0. The molecule has 0 aliphatic rings. The zero-order valence-corrected chi connectivity index (χ0v) is 11.7. The molecule has 2 aromatic heterocycles. The zero-order valence-electron chi connectivity index (χ0n) is 11.7. The third-order valence-corrected chi connectivity index (χ3v) is 3.31. The Hall–Kier alpha value is -3.08. The van der Waals surface area contributed by atoms with E-state index in [-0.39, 0.29) is 0 Å². The van der Waals surface area contributed by atoms with E-state index in [0.717, 1.165) is 22.5 Å². The van der Waals surface area contributed by atoms with E-state index >= 15 is 0 Å². The first kappa shape index (κ1) is 12.6. The summed E-state index contributed by atoms with van der Waals surface area (Å²) in [5, 5.41) is 4.18. The van der Waals surface area contributed by atoms with Gasteiger partial charge in [-0.15, -0.1) is 0 Å². The number of para-hydroxylation sites is 2. The van der Waals surface area contributed by atoms with Crippen molar-refractivity contribution < 1.29 is 9.15 Å². The van der Waals surface area contributed by atoms with Gasteiger partial charge < -0.3 is 9.15 Å². The molecule has 0 N–H and O–H groups in total. The molecular weight excluding hydrogens is 278 g/mol. The second kappa shape index (κ2) is 5.37. The molecule has 0 aliphatic carbocycles. The van der Waals surface area contributed by atoms with Crippen LogP contribution >= 0.6 is 0 Å². The largest absolute Gasteiger partial charge is 0.484 e. The third-order valence-electron chi connectivity index (χ3n) is 3.31. The maximum Gasteiger partial charge on any atom is 0.233 e. The molecule has 2 aromatic carbocycles. The van der Waals surface area contributed by atoms with Gasteiger partial charge in [0.1, 0.15) is 11.3 Å². The lowest BCUT2D eigenvalue weighted by Crippen LogP contribution is -1.97. The van der Waals surface area contributed by atoms with Crippen molar-refractivity contribution in [2.45, 2.75) is 6.61 Å². The van der Waals surface area contributed by atoms with Crippen LogP contribution in [0.2, 0.25) is 0 Å². The number of benzene rings is 2. The predicted octanol–water partition coefficient (Wildman–Crippen LogP) is 3.59. The van der Waals surface area contributed by atoms with Crippen LogP contribution in [0.5, 0.6) is 5.75 Å². The van der Waals surface area contributed by atoms with Crippen molar-refractivity contribution in [3.05, 3.63) is 72.9 Å². The topological polar surface area (TPSA) is 53.1 Å². The summed E-state index contributed by atoms with van der Waals surface area (Å²) in [5.74, 6) is 1.33. The zero-order chi connectivity index (χ0) is 14.8. The molecule has 0 amide bonds. The summed E-state index contributed by atoms with van der Waals surface area (Å²) in [6, 6.07) is 17.3.